The lowest BCUT2D eigenvalue weighted by Crippen LogP contribution is -2.50. The van der Waals surface area contributed by atoms with Gasteiger partial charge in [0.05, 0.1) is 18.2 Å². The summed E-state index contributed by atoms with van der Waals surface area (Å²) in [5, 5.41) is 12.7. The van der Waals surface area contributed by atoms with Crippen molar-refractivity contribution in [3.8, 4) is 5.75 Å². The molecule has 8 nitrogen and oxygen atoms in total. The highest BCUT2D eigenvalue weighted by Crippen LogP contribution is 2.36. The number of methoxy groups -OCH3 is 1. The van der Waals surface area contributed by atoms with Crippen LogP contribution in [0.3, 0.4) is 0 Å². The fraction of sp³-hybridized carbons (Fsp3) is 0.409. The molecule has 2 N–H and O–H groups in total. The van der Waals surface area contributed by atoms with Gasteiger partial charge in [0.25, 0.3) is 11.8 Å². The van der Waals surface area contributed by atoms with E-state index in [4.69, 9.17) is 4.74 Å². The highest BCUT2D eigenvalue weighted by molar-refractivity contribution is 5.99. The highest BCUT2D eigenvalue weighted by Gasteiger charge is 2.46. The first-order valence-electron chi connectivity index (χ1n) is 10.4. The van der Waals surface area contributed by atoms with Gasteiger partial charge in [-0.05, 0) is 6.92 Å². The van der Waals surface area contributed by atoms with E-state index < -0.39 is 88.2 Å². The Labute approximate surface area is 190 Å². The molecule has 1 aromatic carbocycles. The molecule has 34 heavy (non-hydrogen) atoms. The van der Waals surface area contributed by atoms with Gasteiger partial charge < -0.3 is 24.6 Å². The molecule has 182 valence electrons. The van der Waals surface area contributed by atoms with Gasteiger partial charge in [-0.3, -0.25) is 14.4 Å². The third kappa shape index (κ3) is 3.81. The number of aromatic hydroxyl groups is 1. The SMILES string of the molecule is CO[C@H]1C[C@H](F)[C@H](C)N2C[C@H]1n1cc(C(=O)NCc3c(F)cc(F)cc3F)c(=O)c(O)c1C2=O. The van der Waals surface area contributed by atoms with E-state index in [1.807, 2.05) is 0 Å². The number of pyridine rings is 1. The predicted octanol–water partition coefficient (Wildman–Crippen LogP) is 2.04. The quantitative estimate of drug-likeness (QED) is 0.649. The van der Waals surface area contributed by atoms with Gasteiger partial charge in [-0.15, -0.1) is 0 Å². The topological polar surface area (TPSA) is 101 Å². The molecular formula is C22H21F4N3O5. The van der Waals surface area contributed by atoms with Crippen LogP contribution in [0.25, 0.3) is 0 Å². The van der Waals surface area contributed by atoms with Gasteiger partial charge in [0.15, 0.2) is 11.4 Å². The number of nitrogens with one attached hydrogen (secondary N) is 1. The summed E-state index contributed by atoms with van der Waals surface area (Å²) in [5.74, 6) is -6.48. The molecule has 3 heterocycles. The van der Waals surface area contributed by atoms with Crippen molar-refractivity contribution in [1.29, 1.82) is 0 Å². The van der Waals surface area contributed by atoms with Crippen molar-refractivity contribution in [2.24, 2.45) is 0 Å². The number of nitrogens with zero attached hydrogens (tertiary/aromatic N) is 2. The van der Waals surface area contributed by atoms with Crippen LogP contribution in [-0.2, 0) is 11.3 Å². The van der Waals surface area contributed by atoms with E-state index in [-0.39, 0.29) is 13.0 Å². The molecule has 0 spiro atoms. The van der Waals surface area contributed by atoms with Crippen molar-refractivity contribution in [3.63, 3.8) is 0 Å². The average Bonchev–Trinajstić information content (AvgIpc) is 2.88. The Balaban J connectivity index is 1.73. The summed E-state index contributed by atoms with van der Waals surface area (Å²) in [6.07, 6.45) is -1.19. The van der Waals surface area contributed by atoms with Crippen LogP contribution in [0.2, 0.25) is 0 Å². The van der Waals surface area contributed by atoms with Gasteiger partial charge in [-0.25, -0.2) is 17.6 Å². The van der Waals surface area contributed by atoms with Crippen molar-refractivity contribution in [3.05, 3.63) is 62.8 Å². The molecular weight excluding hydrogens is 462 g/mol. The Morgan fingerprint density at radius 2 is 1.88 bits per heavy atom. The van der Waals surface area contributed by atoms with Gasteiger partial charge in [0, 0.05) is 50.5 Å². The molecule has 1 aromatic heterocycles. The monoisotopic (exact) mass is 483 g/mol. The van der Waals surface area contributed by atoms with Crippen molar-refractivity contribution in [2.45, 2.75) is 44.2 Å². The maximum Gasteiger partial charge on any atom is 0.274 e. The molecule has 2 aromatic rings. The van der Waals surface area contributed by atoms with E-state index in [9.17, 15) is 37.1 Å². The molecule has 2 aliphatic rings. The molecule has 0 saturated carbocycles. The Morgan fingerprint density at radius 1 is 1.24 bits per heavy atom. The van der Waals surface area contributed by atoms with Crippen LogP contribution in [-0.4, -0.2) is 58.4 Å². The summed E-state index contributed by atoms with van der Waals surface area (Å²) >= 11 is 0. The fourth-order valence-corrected chi connectivity index (χ4v) is 4.44. The third-order valence-electron chi connectivity index (χ3n) is 6.40. The summed E-state index contributed by atoms with van der Waals surface area (Å²) in [6.45, 7) is 0.815. The normalized spacial score (nSPS) is 23.9. The van der Waals surface area contributed by atoms with E-state index in [0.29, 0.717) is 12.1 Å². The number of alkyl halides is 1. The van der Waals surface area contributed by atoms with E-state index in [1.165, 1.54) is 23.5 Å². The predicted molar refractivity (Wildman–Crippen MR) is 110 cm³/mol. The van der Waals surface area contributed by atoms with Gasteiger partial charge >= 0.3 is 0 Å². The zero-order valence-electron chi connectivity index (χ0n) is 18.1. The molecule has 0 unspecified atom stereocenters. The second-order valence-electron chi connectivity index (χ2n) is 8.30. The van der Waals surface area contributed by atoms with Crippen LogP contribution < -0.4 is 10.7 Å². The van der Waals surface area contributed by atoms with Crippen LogP contribution in [0, 0.1) is 17.5 Å². The Kier molecular flexibility index (Phi) is 6.11. The molecule has 2 aliphatic heterocycles. The first-order chi connectivity index (χ1) is 16.0. The number of fused-ring (bicyclic) bond motifs is 4. The zero-order chi connectivity index (χ0) is 24.9. The van der Waals surface area contributed by atoms with Crippen LogP contribution in [0.15, 0.2) is 23.1 Å². The molecule has 1 saturated heterocycles. The number of aromatic nitrogens is 1. The highest BCUT2D eigenvalue weighted by atomic mass is 19.1. The third-order valence-corrected chi connectivity index (χ3v) is 6.40. The fourth-order valence-electron chi connectivity index (χ4n) is 4.44. The lowest BCUT2D eigenvalue weighted by Gasteiger charge is -2.38. The molecule has 2 bridgehead atoms. The summed E-state index contributed by atoms with van der Waals surface area (Å²) in [7, 11) is 1.36. The molecule has 4 atom stereocenters. The van der Waals surface area contributed by atoms with Gasteiger partial charge in [0.1, 0.15) is 29.2 Å². The molecule has 4 rings (SSSR count). The minimum absolute atomic E-state index is 0.0152. The van der Waals surface area contributed by atoms with Gasteiger partial charge in [-0.2, -0.15) is 0 Å². The summed E-state index contributed by atoms with van der Waals surface area (Å²) < 4.78 is 62.2. The minimum atomic E-state index is -1.43. The van der Waals surface area contributed by atoms with Crippen LogP contribution >= 0.6 is 0 Å². The Bertz CT molecular complexity index is 1210. The van der Waals surface area contributed by atoms with Crippen LogP contribution in [0.1, 0.15) is 45.8 Å². The van der Waals surface area contributed by atoms with Gasteiger partial charge in [0.2, 0.25) is 5.43 Å². The number of carbonyl (C=O) groups is 2. The Hall–Kier alpha value is -3.41. The molecule has 0 aliphatic carbocycles. The molecule has 12 heteroatoms. The number of benzene rings is 1. The first kappa shape index (κ1) is 23.7. The van der Waals surface area contributed by atoms with Crippen molar-refractivity contribution < 1.29 is 37.0 Å². The number of amides is 2. The van der Waals surface area contributed by atoms with Crippen LogP contribution in [0.4, 0.5) is 17.6 Å². The number of carbonyl (C=O) groups excluding carboxylic acids is 2. The van der Waals surface area contributed by atoms with E-state index in [1.54, 1.807) is 0 Å². The maximum absolute atomic E-state index is 14.7. The summed E-state index contributed by atoms with van der Waals surface area (Å²) in [6, 6.07) is -0.664. The number of hydrogen-bond donors (Lipinski definition) is 2. The minimum Gasteiger partial charge on any atom is -0.503 e. The molecule has 2 amide bonds. The van der Waals surface area contributed by atoms with Crippen molar-refractivity contribution in [1.82, 2.24) is 14.8 Å². The average molecular weight is 483 g/mol. The first-order valence-corrected chi connectivity index (χ1v) is 10.4. The lowest BCUT2D eigenvalue weighted by molar-refractivity contribution is 0.0314. The number of hydrogen-bond acceptors (Lipinski definition) is 5. The molecule has 0 radical (unpaired) electrons. The van der Waals surface area contributed by atoms with E-state index in [0.717, 1.165) is 6.20 Å². The lowest BCUT2D eigenvalue weighted by atomic mass is 10.0. The van der Waals surface area contributed by atoms with Gasteiger partial charge in [-0.1, -0.05) is 0 Å². The van der Waals surface area contributed by atoms with Crippen LogP contribution in [0.5, 0.6) is 5.75 Å². The molecule has 1 fully saturated rings. The number of ether oxygens (including phenoxy) is 1. The smallest absolute Gasteiger partial charge is 0.274 e. The maximum atomic E-state index is 14.7. The second-order valence-corrected chi connectivity index (χ2v) is 8.30. The number of halogens is 4. The standard InChI is InChI=1S/C22H21F4N3O5/c1-9-13(24)5-17(34-2)16-8-28(9)22(33)18-20(31)19(30)12(7-29(16)18)21(32)27-6-11-14(25)3-10(23)4-15(11)26/h3-4,7,9,13,16-17,31H,5-6,8H2,1-2H3,(H,27,32)/t9-,13-,16+,17-/m0/s1. The second kappa shape index (κ2) is 8.75. The summed E-state index contributed by atoms with van der Waals surface area (Å²) in [4.78, 5) is 39.6. The van der Waals surface area contributed by atoms with E-state index in [2.05, 4.69) is 5.32 Å². The number of rotatable bonds is 4. The van der Waals surface area contributed by atoms with E-state index >= 15 is 0 Å². The Morgan fingerprint density at radius 3 is 2.50 bits per heavy atom. The van der Waals surface area contributed by atoms with Crippen molar-refractivity contribution in [2.75, 3.05) is 13.7 Å². The zero-order valence-corrected chi connectivity index (χ0v) is 18.1. The van der Waals surface area contributed by atoms with Crippen molar-refractivity contribution >= 4 is 11.8 Å². The summed E-state index contributed by atoms with van der Waals surface area (Å²) in [5.41, 5.74) is -2.82. The largest absolute Gasteiger partial charge is 0.503 e.